The summed E-state index contributed by atoms with van der Waals surface area (Å²) in [4.78, 5) is 6.72. The highest BCUT2D eigenvalue weighted by Crippen LogP contribution is 2.30. The van der Waals surface area contributed by atoms with Crippen LogP contribution in [0, 0.1) is 30.1 Å². The molecule has 0 aliphatic carbocycles. The summed E-state index contributed by atoms with van der Waals surface area (Å²) >= 11 is 0. The number of pyridine rings is 1. The first-order chi connectivity index (χ1) is 8.79. The Morgan fingerprint density at radius 2 is 2.28 bits per heavy atom. The molecule has 4 heteroatoms. The summed E-state index contributed by atoms with van der Waals surface area (Å²) < 4.78 is 0. The van der Waals surface area contributed by atoms with Crippen molar-refractivity contribution in [3.05, 3.63) is 23.4 Å². The Morgan fingerprint density at radius 1 is 1.44 bits per heavy atom. The predicted molar refractivity (Wildman–Crippen MR) is 70.4 cm³/mol. The Balaban J connectivity index is 1.87. The van der Waals surface area contributed by atoms with Crippen LogP contribution < -0.4 is 10.2 Å². The normalized spacial score (nSPS) is 26.8. The first-order valence-corrected chi connectivity index (χ1v) is 6.61. The van der Waals surface area contributed by atoms with Crippen molar-refractivity contribution < 1.29 is 0 Å². The molecule has 94 valence electrons. The molecule has 2 unspecified atom stereocenters. The third kappa shape index (κ3) is 1.85. The molecule has 0 amide bonds. The van der Waals surface area contributed by atoms with Crippen molar-refractivity contribution in [2.24, 2.45) is 11.8 Å². The van der Waals surface area contributed by atoms with E-state index in [2.05, 4.69) is 21.3 Å². The van der Waals surface area contributed by atoms with E-state index >= 15 is 0 Å². The predicted octanol–water partition coefficient (Wildman–Crippen LogP) is 1.31. The minimum Gasteiger partial charge on any atom is -0.355 e. The Hall–Kier alpha value is -1.60. The molecule has 4 nitrogen and oxygen atoms in total. The third-order valence-electron chi connectivity index (χ3n) is 4.26. The molecule has 2 atom stereocenters. The highest BCUT2D eigenvalue weighted by molar-refractivity contribution is 5.57. The van der Waals surface area contributed by atoms with Crippen molar-refractivity contribution >= 4 is 5.82 Å². The second-order valence-electron chi connectivity index (χ2n) is 5.35. The molecule has 1 aromatic rings. The summed E-state index contributed by atoms with van der Waals surface area (Å²) in [6, 6.07) is 4.21. The number of fused-ring (bicyclic) bond motifs is 1. The number of hydrogen-bond donors (Lipinski definition) is 1. The molecule has 0 aromatic carbocycles. The van der Waals surface area contributed by atoms with E-state index in [4.69, 9.17) is 0 Å². The Kier molecular flexibility index (Phi) is 2.92. The molecule has 3 rings (SSSR count). The van der Waals surface area contributed by atoms with E-state index in [0.29, 0.717) is 5.92 Å². The number of nitriles is 1. The number of aryl methyl sites for hydroxylation is 1. The Morgan fingerprint density at radius 3 is 3.11 bits per heavy atom. The molecular formula is C14H18N4. The molecule has 2 fully saturated rings. The smallest absolute Gasteiger partial charge is 0.146 e. The molecule has 2 aliphatic heterocycles. The number of nitrogens with zero attached hydrogens (tertiary/aromatic N) is 3. The lowest BCUT2D eigenvalue weighted by atomic mass is 9.88. The summed E-state index contributed by atoms with van der Waals surface area (Å²) in [6.45, 7) is 6.30. The molecular weight excluding hydrogens is 224 g/mol. The number of nitrogens with one attached hydrogen (secondary N) is 1. The molecule has 0 saturated carbocycles. The van der Waals surface area contributed by atoms with Crippen LogP contribution in [0.5, 0.6) is 0 Å². The van der Waals surface area contributed by atoms with Crippen LogP contribution in [-0.2, 0) is 0 Å². The van der Waals surface area contributed by atoms with Crippen molar-refractivity contribution in [1.82, 2.24) is 10.3 Å². The fraction of sp³-hybridized carbons (Fsp3) is 0.571. The zero-order valence-electron chi connectivity index (χ0n) is 10.7. The summed E-state index contributed by atoms with van der Waals surface area (Å²) in [5.74, 6) is 2.41. The zero-order valence-corrected chi connectivity index (χ0v) is 10.7. The first kappa shape index (κ1) is 11.5. The third-order valence-corrected chi connectivity index (χ3v) is 4.26. The van der Waals surface area contributed by atoms with E-state index in [1.807, 2.05) is 19.2 Å². The van der Waals surface area contributed by atoms with Crippen LogP contribution in [0.15, 0.2) is 12.3 Å². The van der Waals surface area contributed by atoms with Gasteiger partial charge < -0.3 is 10.2 Å². The molecule has 2 saturated heterocycles. The van der Waals surface area contributed by atoms with E-state index in [9.17, 15) is 5.26 Å². The van der Waals surface area contributed by atoms with Crippen LogP contribution in [0.25, 0.3) is 0 Å². The minimum absolute atomic E-state index is 0.715. The van der Waals surface area contributed by atoms with Gasteiger partial charge in [-0.15, -0.1) is 0 Å². The van der Waals surface area contributed by atoms with E-state index in [0.717, 1.165) is 49.0 Å². The lowest BCUT2D eigenvalue weighted by Crippen LogP contribution is -2.40. The summed E-state index contributed by atoms with van der Waals surface area (Å²) in [6.07, 6.45) is 3.02. The molecule has 2 aliphatic rings. The quantitative estimate of drug-likeness (QED) is 0.806. The van der Waals surface area contributed by atoms with Crippen molar-refractivity contribution in [1.29, 1.82) is 5.26 Å². The van der Waals surface area contributed by atoms with Crippen LogP contribution >= 0.6 is 0 Å². The fourth-order valence-electron chi connectivity index (χ4n) is 3.15. The largest absolute Gasteiger partial charge is 0.355 e. The summed E-state index contributed by atoms with van der Waals surface area (Å²) in [7, 11) is 0. The monoisotopic (exact) mass is 242 g/mol. The van der Waals surface area contributed by atoms with Crippen LogP contribution in [-0.4, -0.2) is 31.2 Å². The SMILES string of the molecule is Cc1ccnc(N2CCC3CNCC3C2)c1C#N. The van der Waals surface area contributed by atoms with Crippen LogP contribution in [0.1, 0.15) is 17.5 Å². The number of rotatable bonds is 1. The van der Waals surface area contributed by atoms with Gasteiger partial charge in [-0.2, -0.15) is 5.26 Å². The molecule has 0 bridgehead atoms. The van der Waals surface area contributed by atoms with Gasteiger partial charge in [-0.25, -0.2) is 4.98 Å². The van der Waals surface area contributed by atoms with Crippen molar-refractivity contribution in [2.45, 2.75) is 13.3 Å². The molecule has 1 N–H and O–H groups in total. The second kappa shape index (κ2) is 4.58. The van der Waals surface area contributed by atoms with Gasteiger partial charge in [-0.3, -0.25) is 0 Å². The molecule has 1 aromatic heterocycles. The average Bonchev–Trinajstić information content (AvgIpc) is 2.85. The fourth-order valence-corrected chi connectivity index (χ4v) is 3.15. The standard InChI is InChI=1S/C14H18N4/c1-10-2-4-17-14(13(10)6-15)18-5-3-11-7-16-8-12(11)9-18/h2,4,11-12,16H,3,5,7-9H2,1H3. The number of aromatic nitrogens is 1. The average molecular weight is 242 g/mol. The van der Waals surface area contributed by atoms with Gasteiger partial charge in [-0.05, 0) is 49.9 Å². The van der Waals surface area contributed by atoms with Gasteiger partial charge in [0.15, 0.2) is 0 Å². The van der Waals surface area contributed by atoms with Gasteiger partial charge in [0.2, 0.25) is 0 Å². The molecule has 0 radical (unpaired) electrons. The summed E-state index contributed by atoms with van der Waals surface area (Å²) in [5.41, 5.74) is 1.76. The number of piperidine rings is 1. The van der Waals surface area contributed by atoms with Gasteiger partial charge >= 0.3 is 0 Å². The van der Waals surface area contributed by atoms with Gasteiger partial charge in [0.1, 0.15) is 11.9 Å². The summed E-state index contributed by atoms with van der Waals surface area (Å²) in [5, 5.41) is 12.8. The highest BCUT2D eigenvalue weighted by atomic mass is 15.2. The van der Waals surface area contributed by atoms with Crippen molar-refractivity contribution in [2.75, 3.05) is 31.1 Å². The maximum atomic E-state index is 9.29. The van der Waals surface area contributed by atoms with Gasteiger partial charge in [0, 0.05) is 19.3 Å². The number of anilines is 1. The van der Waals surface area contributed by atoms with E-state index in [1.165, 1.54) is 6.42 Å². The van der Waals surface area contributed by atoms with Crippen molar-refractivity contribution in [3.63, 3.8) is 0 Å². The minimum atomic E-state index is 0.715. The maximum absolute atomic E-state index is 9.29. The lowest BCUT2D eigenvalue weighted by Gasteiger charge is -2.35. The van der Waals surface area contributed by atoms with Gasteiger partial charge in [0.05, 0.1) is 5.56 Å². The van der Waals surface area contributed by atoms with Gasteiger partial charge in [-0.1, -0.05) is 0 Å². The highest BCUT2D eigenvalue weighted by Gasteiger charge is 2.33. The Bertz CT molecular complexity index is 491. The van der Waals surface area contributed by atoms with E-state index in [1.54, 1.807) is 0 Å². The van der Waals surface area contributed by atoms with Crippen LogP contribution in [0.3, 0.4) is 0 Å². The van der Waals surface area contributed by atoms with E-state index in [-0.39, 0.29) is 0 Å². The Labute approximate surface area is 108 Å². The zero-order chi connectivity index (χ0) is 12.5. The topological polar surface area (TPSA) is 52.0 Å². The van der Waals surface area contributed by atoms with Crippen LogP contribution in [0.4, 0.5) is 5.82 Å². The van der Waals surface area contributed by atoms with Crippen molar-refractivity contribution in [3.8, 4) is 6.07 Å². The molecule has 18 heavy (non-hydrogen) atoms. The first-order valence-electron chi connectivity index (χ1n) is 6.61. The van der Waals surface area contributed by atoms with Gasteiger partial charge in [0.25, 0.3) is 0 Å². The lowest BCUT2D eigenvalue weighted by molar-refractivity contribution is 0.347. The molecule has 3 heterocycles. The second-order valence-corrected chi connectivity index (χ2v) is 5.35. The van der Waals surface area contributed by atoms with Crippen LogP contribution in [0.2, 0.25) is 0 Å². The van der Waals surface area contributed by atoms with E-state index < -0.39 is 0 Å². The number of hydrogen-bond acceptors (Lipinski definition) is 4. The maximum Gasteiger partial charge on any atom is 0.146 e. The molecule has 0 spiro atoms.